The summed E-state index contributed by atoms with van der Waals surface area (Å²) in [6, 6.07) is 12.3. The monoisotopic (exact) mass is 451 g/mol. The molecule has 0 aliphatic carbocycles. The van der Waals surface area contributed by atoms with E-state index in [1.807, 2.05) is 36.0 Å². The first-order chi connectivity index (χ1) is 13.7. The Bertz CT molecular complexity index is 1190. The van der Waals surface area contributed by atoms with Gasteiger partial charge in [-0.2, -0.15) is 0 Å². The number of nitrogens with zero attached hydrogens (tertiary/aromatic N) is 1. The summed E-state index contributed by atoms with van der Waals surface area (Å²) in [5.74, 6) is -0.650. The van der Waals surface area contributed by atoms with Crippen LogP contribution in [0.25, 0.3) is 11.1 Å². The molecular weight excluding hydrogens is 438 g/mol. The van der Waals surface area contributed by atoms with Gasteiger partial charge in [-0.3, -0.25) is 20.3 Å². The molecule has 0 bridgehead atoms. The van der Waals surface area contributed by atoms with E-state index in [0.717, 1.165) is 40.7 Å². The molecule has 0 aliphatic heterocycles. The molecule has 0 fully saturated rings. The van der Waals surface area contributed by atoms with Gasteiger partial charge in [0.1, 0.15) is 9.90 Å². The number of hydrogen-bond acceptors (Lipinski definition) is 6. The lowest BCUT2D eigenvalue weighted by Crippen LogP contribution is -2.41. The van der Waals surface area contributed by atoms with Crippen molar-refractivity contribution in [2.24, 2.45) is 0 Å². The Morgan fingerprint density at radius 2 is 1.83 bits per heavy atom. The summed E-state index contributed by atoms with van der Waals surface area (Å²) in [4.78, 5) is 24.5. The number of nitro benzene ring substituents is 1. The number of halogens is 1. The van der Waals surface area contributed by atoms with Crippen molar-refractivity contribution in [3.05, 3.63) is 79.5 Å². The fourth-order valence-electron chi connectivity index (χ4n) is 2.47. The topological polar surface area (TPSA) is 118 Å². The van der Waals surface area contributed by atoms with Crippen LogP contribution in [0.1, 0.15) is 15.2 Å². The van der Waals surface area contributed by atoms with Gasteiger partial charge in [0, 0.05) is 11.6 Å². The number of carbonyl (C=O) groups is 1. The minimum atomic E-state index is -4.24. The zero-order valence-corrected chi connectivity index (χ0v) is 17.3. The van der Waals surface area contributed by atoms with Crippen LogP contribution in [0, 0.1) is 17.0 Å². The van der Waals surface area contributed by atoms with Gasteiger partial charge in [0.15, 0.2) is 0 Å². The van der Waals surface area contributed by atoms with Crippen LogP contribution in [0.2, 0.25) is 5.02 Å². The van der Waals surface area contributed by atoms with Crippen molar-refractivity contribution in [3.8, 4) is 11.1 Å². The van der Waals surface area contributed by atoms with E-state index in [0.29, 0.717) is 10.4 Å². The van der Waals surface area contributed by atoms with Crippen LogP contribution in [0.3, 0.4) is 0 Å². The smallest absolute Gasteiger partial charge is 0.273 e. The van der Waals surface area contributed by atoms with Crippen LogP contribution in [-0.4, -0.2) is 19.2 Å². The molecule has 0 radical (unpaired) electrons. The lowest BCUT2D eigenvalue weighted by Gasteiger charge is -2.09. The average Bonchev–Trinajstić information content (AvgIpc) is 3.16. The Balaban J connectivity index is 1.79. The van der Waals surface area contributed by atoms with Gasteiger partial charge in [0.2, 0.25) is 0 Å². The first-order valence-corrected chi connectivity index (χ1v) is 10.8. The molecule has 8 nitrogen and oxygen atoms in total. The van der Waals surface area contributed by atoms with Crippen molar-refractivity contribution in [2.75, 3.05) is 0 Å². The summed E-state index contributed by atoms with van der Waals surface area (Å²) in [7, 11) is -4.24. The number of nitrogens with one attached hydrogen (secondary N) is 2. The Morgan fingerprint density at radius 1 is 1.14 bits per heavy atom. The molecule has 0 saturated carbocycles. The molecule has 2 N–H and O–H groups in total. The number of aryl methyl sites for hydroxylation is 1. The van der Waals surface area contributed by atoms with Gasteiger partial charge in [-0.1, -0.05) is 41.4 Å². The summed E-state index contributed by atoms with van der Waals surface area (Å²) < 4.78 is 24.8. The second kappa shape index (κ2) is 8.29. The Hall–Kier alpha value is -2.79. The van der Waals surface area contributed by atoms with Crippen molar-refractivity contribution < 1.29 is 18.1 Å². The van der Waals surface area contributed by atoms with Crippen molar-refractivity contribution in [1.82, 2.24) is 10.3 Å². The Kier molecular flexibility index (Phi) is 5.99. The maximum absolute atomic E-state index is 12.5. The fourth-order valence-corrected chi connectivity index (χ4v) is 4.33. The number of amides is 1. The van der Waals surface area contributed by atoms with Gasteiger partial charge in [-0.25, -0.2) is 8.42 Å². The van der Waals surface area contributed by atoms with E-state index in [1.54, 1.807) is 11.4 Å². The summed E-state index contributed by atoms with van der Waals surface area (Å²) in [5, 5.41) is 12.5. The maximum Gasteiger partial charge on any atom is 0.289 e. The van der Waals surface area contributed by atoms with Crippen LogP contribution < -0.4 is 10.3 Å². The minimum absolute atomic E-state index is 0.195. The fraction of sp³-hybridized carbons (Fsp3) is 0.0556. The van der Waals surface area contributed by atoms with E-state index < -0.39 is 31.4 Å². The van der Waals surface area contributed by atoms with Gasteiger partial charge in [-0.15, -0.1) is 16.2 Å². The Labute approximate surface area is 175 Å². The molecule has 0 atom stereocenters. The first kappa shape index (κ1) is 20.9. The highest BCUT2D eigenvalue weighted by atomic mass is 35.5. The molecule has 11 heteroatoms. The quantitative estimate of drug-likeness (QED) is 0.435. The lowest BCUT2D eigenvalue weighted by molar-refractivity contribution is -0.384. The molecule has 1 amide bonds. The SMILES string of the molecule is Cc1ccc(-c2ccsc2C(=O)NNS(=O)(=O)c2ccc(Cl)c([N+](=O)[O-])c2)cc1. The van der Waals surface area contributed by atoms with Crippen molar-refractivity contribution in [1.29, 1.82) is 0 Å². The molecule has 0 spiro atoms. The standard InChI is InChI=1S/C18H14ClN3O5S2/c1-11-2-4-12(5-3-11)14-8-9-28-17(14)18(23)20-21-29(26,27)13-6-7-15(19)16(10-13)22(24)25/h2-10,21H,1H3,(H,20,23). The highest BCUT2D eigenvalue weighted by Gasteiger charge is 2.22. The largest absolute Gasteiger partial charge is 0.289 e. The van der Waals surface area contributed by atoms with Crippen molar-refractivity contribution in [3.63, 3.8) is 0 Å². The molecule has 150 valence electrons. The highest BCUT2D eigenvalue weighted by Crippen LogP contribution is 2.29. The van der Waals surface area contributed by atoms with Crippen molar-refractivity contribution in [2.45, 2.75) is 11.8 Å². The third kappa shape index (κ3) is 4.62. The second-order valence-electron chi connectivity index (χ2n) is 5.96. The number of carbonyl (C=O) groups excluding carboxylic acids is 1. The molecule has 29 heavy (non-hydrogen) atoms. The van der Waals surface area contributed by atoms with Crippen LogP contribution >= 0.6 is 22.9 Å². The van der Waals surface area contributed by atoms with Crippen molar-refractivity contribution >= 4 is 44.6 Å². The number of rotatable bonds is 6. The van der Waals surface area contributed by atoms with E-state index in [-0.39, 0.29) is 5.02 Å². The predicted octanol–water partition coefficient (Wildman–Crippen LogP) is 3.91. The molecule has 1 heterocycles. The van der Waals surface area contributed by atoms with E-state index in [2.05, 4.69) is 5.43 Å². The van der Waals surface area contributed by atoms with Gasteiger partial charge < -0.3 is 0 Å². The zero-order chi connectivity index (χ0) is 21.2. The normalized spacial score (nSPS) is 11.2. The molecule has 3 rings (SSSR count). The summed E-state index contributed by atoms with van der Waals surface area (Å²) in [6.45, 7) is 1.95. The van der Waals surface area contributed by atoms with E-state index in [4.69, 9.17) is 11.6 Å². The third-order valence-corrected chi connectivity index (χ3v) is 6.44. The molecule has 2 aromatic carbocycles. The number of sulfonamides is 1. The molecular formula is C18H14ClN3O5S2. The predicted molar refractivity (Wildman–Crippen MR) is 110 cm³/mol. The molecule has 1 aromatic heterocycles. The third-order valence-electron chi connectivity index (χ3n) is 3.96. The van der Waals surface area contributed by atoms with E-state index in [1.165, 1.54) is 0 Å². The second-order valence-corrected chi connectivity index (χ2v) is 8.97. The number of hydrogen-bond donors (Lipinski definition) is 2. The van der Waals surface area contributed by atoms with Crippen LogP contribution in [0.5, 0.6) is 0 Å². The highest BCUT2D eigenvalue weighted by molar-refractivity contribution is 7.89. The molecule has 3 aromatic rings. The molecule has 0 saturated heterocycles. The number of thiophene rings is 1. The zero-order valence-electron chi connectivity index (χ0n) is 14.9. The molecule has 0 aliphatic rings. The van der Waals surface area contributed by atoms with Crippen LogP contribution in [0.4, 0.5) is 5.69 Å². The summed E-state index contributed by atoms with van der Waals surface area (Å²) in [5.41, 5.74) is 4.13. The summed E-state index contributed by atoms with van der Waals surface area (Å²) in [6.07, 6.45) is 0. The van der Waals surface area contributed by atoms with E-state index >= 15 is 0 Å². The number of hydrazine groups is 1. The molecule has 0 unspecified atom stereocenters. The van der Waals surface area contributed by atoms with Gasteiger partial charge in [-0.05, 0) is 36.1 Å². The minimum Gasteiger partial charge on any atom is -0.273 e. The van der Waals surface area contributed by atoms with E-state index in [9.17, 15) is 23.3 Å². The number of nitro groups is 1. The Morgan fingerprint density at radius 3 is 2.48 bits per heavy atom. The first-order valence-electron chi connectivity index (χ1n) is 8.09. The van der Waals surface area contributed by atoms with Gasteiger partial charge >= 0.3 is 0 Å². The lowest BCUT2D eigenvalue weighted by atomic mass is 10.1. The average molecular weight is 452 g/mol. The maximum atomic E-state index is 12.5. The van der Waals surface area contributed by atoms with Gasteiger partial charge in [0.05, 0.1) is 9.82 Å². The van der Waals surface area contributed by atoms with Crippen LogP contribution in [0.15, 0.2) is 58.8 Å². The van der Waals surface area contributed by atoms with Gasteiger partial charge in [0.25, 0.3) is 21.6 Å². The summed E-state index contributed by atoms with van der Waals surface area (Å²) >= 11 is 6.85. The van der Waals surface area contributed by atoms with Crippen LogP contribution in [-0.2, 0) is 10.0 Å². The number of benzene rings is 2.